The third kappa shape index (κ3) is 1.91. The summed E-state index contributed by atoms with van der Waals surface area (Å²) in [7, 11) is -1.89. The zero-order valence-corrected chi connectivity index (χ0v) is 9.61. The van der Waals surface area contributed by atoms with Crippen molar-refractivity contribution < 1.29 is 8.42 Å². The molecule has 0 radical (unpaired) electrons. The molecule has 2 N–H and O–H groups in total. The fraction of sp³-hybridized carbons (Fsp3) is 0.250. The lowest BCUT2D eigenvalue weighted by atomic mass is 10.6. The number of H-pyrrole nitrogens is 1. The Morgan fingerprint density at radius 3 is 2.75 bits per heavy atom. The number of aromatic nitrogens is 4. The fourth-order valence-corrected chi connectivity index (χ4v) is 2.25. The van der Waals surface area contributed by atoms with Crippen LogP contribution in [0.2, 0.25) is 0 Å². The van der Waals surface area contributed by atoms with Crippen LogP contribution >= 0.6 is 0 Å². The third-order valence-electron chi connectivity index (χ3n) is 2.11. The van der Waals surface area contributed by atoms with Gasteiger partial charge in [-0.25, -0.2) is 4.98 Å². The highest BCUT2D eigenvalue weighted by molar-refractivity contribution is 7.92. The van der Waals surface area contributed by atoms with Gasteiger partial charge in [-0.15, -0.1) is 0 Å². The van der Waals surface area contributed by atoms with Crippen molar-refractivity contribution >= 4 is 15.7 Å². The van der Waals surface area contributed by atoms with Gasteiger partial charge in [-0.1, -0.05) is 0 Å². The van der Waals surface area contributed by atoms with E-state index in [0.29, 0.717) is 11.5 Å². The molecule has 8 heteroatoms. The lowest BCUT2D eigenvalue weighted by Crippen LogP contribution is -2.12. The number of nitrogens with one attached hydrogen (secondary N) is 2. The van der Waals surface area contributed by atoms with E-state index < -0.39 is 10.0 Å². The van der Waals surface area contributed by atoms with Crippen LogP contribution in [0.4, 0.5) is 5.69 Å². The number of nitrogens with zero attached hydrogens (tertiary/aromatic N) is 3. The number of rotatable bonds is 3. The Morgan fingerprint density at radius 2 is 2.25 bits per heavy atom. The van der Waals surface area contributed by atoms with Gasteiger partial charge in [0.25, 0.3) is 10.0 Å². The Hall–Kier alpha value is -1.83. The molecule has 2 heterocycles. The maximum absolute atomic E-state index is 11.8. The molecule has 0 saturated heterocycles. The van der Waals surface area contributed by atoms with E-state index in [1.54, 1.807) is 18.5 Å². The van der Waals surface area contributed by atoms with E-state index in [9.17, 15) is 8.42 Å². The van der Waals surface area contributed by atoms with Crippen LogP contribution in [0.3, 0.4) is 0 Å². The van der Waals surface area contributed by atoms with Crippen molar-refractivity contribution in [3.8, 4) is 0 Å². The molecule has 0 fully saturated rings. The highest BCUT2D eigenvalue weighted by Gasteiger charge is 2.18. The van der Waals surface area contributed by atoms with Crippen molar-refractivity contribution in [1.29, 1.82) is 0 Å². The number of hydrogen-bond donors (Lipinski definition) is 2. The van der Waals surface area contributed by atoms with Crippen LogP contribution in [0.25, 0.3) is 0 Å². The van der Waals surface area contributed by atoms with Gasteiger partial charge >= 0.3 is 0 Å². The van der Waals surface area contributed by atoms with Crippen molar-refractivity contribution in [1.82, 2.24) is 19.7 Å². The van der Waals surface area contributed by atoms with Crippen molar-refractivity contribution in [2.75, 3.05) is 4.72 Å². The van der Waals surface area contributed by atoms with Crippen LogP contribution in [-0.4, -0.2) is 28.2 Å². The van der Waals surface area contributed by atoms with Gasteiger partial charge in [-0.05, 0) is 6.92 Å². The van der Waals surface area contributed by atoms with Crippen molar-refractivity contribution in [2.45, 2.75) is 11.9 Å². The molecule has 0 atom stereocenters. The van der Waals surface area contributed by atoms with Gasteiger partial charge in [0.1, 0.15) is 5.82 Å². The van der Waals surface area contributed by atoms with E-state index in [4.69, 9.17) is 0 Å². The van der Waals surface area contributed by atoms with Gasteiger partial charge in [0, 0.05) is 19.4 Å². The molecule has 86 valence electrons. The molecule has 0 unspecified atom stereocenters. The second-order valence-electron chi connectivity index (χ2n) is 3.33. The van der Waals surface area contributed by atoms with Gasteiger partial charge in [0.2, 0.25) is 0 Å². The molecule has 0 spiro atoms. The molecule has 0 aliphatic rings. The molecule has 2 aromatic rings. The molecule has 7 nitrogen and oxygen atoms in total. The standard InChI is InChI=1S/C8H11N5O2S/c1-6-11-8(5-13(6)2)16(14,15)12-7-3-9-10-4-7/h3-5,12H,1-2H3,(H,9,10). The third-order valence-corrected chi connectivity index (χ3v) is 3.36. The zero-order valence-electron chi connectivity index (χ0n) is 8.80. The molecule has 2 aromatic heterocycles. The summed E-state index contributed by atoms with van der Waals surface area (Å²) in [6, 6.07) is 0. The van der Waals surface area contributed by atoms with Gasteiger partial charge < -0.3 is 4.57 Å². The SMILES string of the molecule is Cc1nc(S(=O)(=O)Nc2cn[nH]c2)cn1C. The first kappa shape index (κ1) is 10.7. The summed E-state index contributed by atoms with van der Waals surface area (Å²) in [5.41, 5.74) is 0.378. The summed E-state index contributed by atoms with van der Waals surface area (Å²) in [6.45, 7) is 1.73. The molecule has 0 saturated carbocycles. The van der Waals surface area contributed by atoms with Crippen LogP contribution in [0.15, 0.2) is 23.6 Å². The predicted octanol–water partition coefficient (Wildman–Crippen LogP) is 0.252. The van der Waals surface area contributed by atoms with Gasteiger partial charge in [-0.2, -0.15) is 13.5 Å². The summed E-state index contributed by atoms with van der Waals surface area (Å²) in [4.78, 5) is 3.94. The summed E-state index contributed by atoms with van der Waals surface area (Å²) in [5.74, 6) is 0.632. The lowest BCUT2D eigenvalue weighted by molar-refractivity contribution is 0.598. The van der Waals surface area contributed by atoms with E-state index in [1.807, 2.05) is 0 Å². The van der Waals surface area contributed by atoms with Gasteiger partial charge in [0.15, 0.2) is 5.03 Å². The molecular formula is C8H11N5O2S. The minimum atomic E-state index is -3.63. The normalized spacial score (nSPS) is 11.6. The van der Waals surface area contributed by atoms with Crippen molar-refractivity contribution in [3.05, 3.63) is 24.4 Å². The molecule has 2 rings (SSSR count). The largest absolute Gasteiger partial charge is 0.337 e. The monoisotopic (exact) mass is 241 g/mol. The lowest BCUT2D eigenvalue weighted by Gasteiger charge is -2.01. The number of sulfonamides is 1. The summed E-state index contributed by atoms with van der Waals surface area (Å²) >= 11 is 0. The Balaban J connectivity index is 2.32. The molecule has 0 aliphatic carbocycles. The molecule has 0 amide bonds. The minimum absolute atomic E-state index is 0.00583. The summed E-state index contributed by atoms with van der Waals surface area (Å²) in [5, 5.41) is 6.16. The average Bonchev–Trinajstić information content (AvgIpc) is 2.78. The fourth-order valence-electron chi connectivity index (χ4n) is 1.17. The molecule has 16 heavy (non-hydrogen) atoms. The second-order valence-corrected chi connectivity index (χ2v) is 4.96. The van der Waals surface area contributed by atoms with Crippen LogP contribution in [0, 0.1) is 6.92 Å². The smallest absolute Gasteiger partial charge is 0.281 e. The number of aryl methyl sites for hydroxylation is 2. The van der Waals surface area contributed by atoms with Crippen LogP contribution in [-0.2, 0) is 17.1 Å². The summed E-state index contributed by atoms with van der Waals surface area (Å²) in [6.07, 6.45) is 4.29. The van der Waals surface area contributed by atoms with Gasteiger partial charge in [0.05, 0.1) is 11.9 Å². The number of anilines is 1. The van der Waals surface area contributed by atoms with Crippen LogP contribution in [0.1, 0.15) is 5.82 Å². The first-order chi connectivity index (χ1) is 7.49. The van der Waals surface area contributed by atoms with E-state index in [1.165, 1.54) is 18.6 Å². The van der Waals surface area contributed by atoms with Crippen LogP contribution in [0.5, 0.6) is 0 Å². The van der Waals surface area contributed by atoms with Crippen molar-refractivity contribution in [3.63, 3.8) is 0 Å². The number of hydrogen-bond acceptors (Lipinski definition) is 4. The second kappa shape index (κ2) is 3.63. The topological polar surface area (TPSA) is 92.7 Å². The zero-order chi connectivity index (χ0) is 11.8. The van der Waals surface area contributed by atoms with E-state index >= 15 is 0 Å². The van der Waals surface area contributed by atoms with Crippen LogP contribution < -0.4 is 4.72 Å². The van der Waals surface area contributed by atoms with Crippen molar-refractivity contribution in [2.24, 2.45) is 7.05 Å². The van der Waals surface area contributed by atoms with E-state index in [0.717, 1.165) is 0 Å². The minimum Gasteiger partial charge on any atom is -0.337 e. The summed E-state index contributed by atoms with van der Waals surface area (Å²) < 4.78 is 27.7. The van der Waals surface area contributed by atoms with E-state index in [2.05, 4.69) is 19.9 Å². The van der Waals surface area contributed by atoms with E-state index in [-0.39, 0.29) is 5.03 Å². The Kier molecular flexibility index (Phi) is 2.43. The first-order valence-corrected chi connectivity index (χ1v) is 5.99. The molecule has 0 bridgehead atoms. The van der Waals surface area contributed by atoms with Gasteiger partial charge in [-0.3, -0.25) is 9.82 Å². The molecule has 0 aliphatic heterocycles. The molecule has 0 aromatic carbocycles. The number of imidazole rings is 1. The maximum Gasteiger partial charge on any atom is 0.281 e. The Bertz CT molecular complexity index is 564. The Labute approximate surface area is 92.6 Å². The Morgan fingerprint density at radius 1 is 1.50 bits per heavy atom. The first-order valence-electron chi connectivity index (χ1n) is 4.50. The number of aromatic amines is 1. The molecular weight excluding hydrogens is 230 g/mol. The highest BCUT2D eigenvalue weighted by Crippen LogP contribution is 2.13. The maximum atomic E-state index is 11.8. The highest BCUT2D eigenvalue weighted by atomic mass is 32.2. The average molecular weight is 241 g/mol. The quantitative estimate of drug-likeness (QED) is 0.805. The predicted molar refractivity (Wildman–Crippen MR) is 57.3 cm³/mol.